The van der Waals surface area contributed by atoms with Gasteiger partial charge in [0.1, 0.15) is 5.82 Å². The van der Waals surface area contributed by atoms with Crippen LogP contribution in [-0.2, 0) is 17.8 Å². The van der Waals surface area contributed by atoms with Gasteiger partial charge in [0.05, 0.1) is 12.0 Å². The molecule has 0 spiro atoms. The lowest BCUT2D eigenvalue weighted by Crippen LogP contribution is -2.33. The molecule has 28 heavy (non-hydrogen) atoms. The number of nitrogens with zero attached hydrogens (tertiary/aromatic N) is 3. The van der Waals surface area contributed by atoms with E-state index in [4.69, 9.17) is 0 Å². The zero-order chi connectivity index (χ0) is 19.1. The first-order valence-electron chi connectivity index (χ1n) is 9.85. The van der Waals surface area contributed by atoms with Gasteiger partial charge < -0.3 is 15.2 Å². The van der Waals surface area contributed by atoms with Crippen molar-refractivity contribution in [1.82, 2.24) is 25.4 Å². The molecule has 1 amide bonds. The lowest BCUT2D eigenvalue weighted by atomic mass is 9.96. The minimum atomic E-state index is -0.289. The van der Waals surface area contributed by atoms with E-state index in [9.17, 15) is 4.79 Å². The van der Waals surface area contributed by atoms with Crippen LogP contribution in [0.5, 0.6) is 0 Å². The Kier molecular flexibility index (Phi) is 4.20. The van der Waals surface area contributed by atoms with Crippen LogP contribution in [0.3, 0.4) is 0 Å². The Balaban J connectivity index is 1.44. The first-order chi connectivity index (χ1) is 13.7. The fourth-order valence-corrected chi connectivity index (χ4v) is 4.41. The number of rotatable bonds is 3. The summed E-state index contributed by atoms with van der Waals surface area (Å²) in [5.74, 6) is 1.53. The number of carbonyl (C=O) groups is 1. The monoisotopic (exact) mass is 373 g/mol. The summed E-state index contributed by atoms with van der Waals surface area (Å²) in [6.07, 6.45) is 0.858. The largest absolute Gasteiger partial charge is 0.346 e. The third-order valence-electron chi connectivity index (χ3n) is 5.74. The minimum Gasteiger partial charge on any atom is -0.346 e. The van der Waals surface area contributed by atoms with Gasteiger partial charge in [-0.15, -0.1) is 10.2 Å². The third kappa shape index (κ3) is 2.72. The van der Waals surface area contributed by atoms with Crippen molar-refractivity contribution < 1.29 is 4.79 Å². The Hall–Kier alpha value is -2.99. The van der Waals surface area contributed by atoms with Gasteiger partial charge in [-0.25, -0.2) is 0 Å². The van der Waals surface area contributed by atoms with Crippen molar-refractivity contribution in [1.29, 1.82) is 0 Å². The van der Waals surface area contributed by atoms with E-state index < -0.39 is 0 Å². The molecule has 1 aromatic heterocycles. The molecule has 6 heteroatoms. The predicted molar refractivity (Wildman–Crippen MR) is 107 cm³/mol. The molecule has 1 aliphatic carbocycles. The van der Waals surface area contributed by atoms with Gasteiger partial charge in [-0.3, -0.25) is 4.79 Å². The highest BCUT2D eigenvalue weighted by atomic mass is 16.2. The summed E-state index contributed by atoms with van der Waals surface area (Å²) >= 11 is 0. The average Bonchev–Trinajstić information content (AvgIpc) is 3.18. The molecule has 0 fully saturated rings. The highest BCUT2D eigenvalue weighted by Gasteiger charge is 2.34. The van der Waals surface area contributed by atoms with Crippen molar-refractivity contribution in [3.05, 3.63) is 71.3 Å². The smallest absolute Gasteiger partial charge is 0.232 e. The van der Waals surface area contributed by atoms with Gasteiger partial charge in [-0.05, 0) is 29.2 Å². The summed E-state index contributed by atoms with van der Waals surface area (Å²) in [5, 5.41) is 15.3. The SMILES string of the molecule is CC(NC(=O)C1c2ccccc2-c2ccccc21)c1nnc2n1CCNCC2. The van der Waals surface area contributed by atoms with Crippen LogP contribution in [0, 0.1) is 0 Å². The highest BCUT2D eigenvalue weighted by Crippen LogP contribution is 2.44. The third-order valence-corrected chi connectivity index (χ3v) is 5.74. The first kappa shape index (κ1) is 17.1. The summed E-state index contributed by atoms with van der Waals surface area (Å²) in [6.45, 7) is 4.61. The lowest BCUT2D eigenvalue weighted by molar-refractivity contribution is -0.122. The van der Waals surface area contributed by atoms with Crippen LogP contribution in [0.2, 0.25) is 0 Å². The molecular weight excluding hydrogens is 350 g/mol. The molecule has 0 saturated heterocycles. The fraction of sp³-hybridized carbons (Fsp3) is 0.318. The fourth-order valence-electron chi connectivity index (χ4n) is 4.41. The molecule has 0 saturated carbocycles. The Morgan fingerprint density at radius 2 is 1.75 bits per heavy atom. The second kappa shape index (κ2) is 6.87. The number of carbonyl (C=O) groups excluding carboxylic acids is 1. The molecule has 2 aromatic carbocycles. The Bertz CT molecular complexity index is 995. The van der Waals surface area contributed by atoms with Crippen molar-refractivity contribution in [2.24, 2.45) is 0 Å². The average molecular weight is 373 g/mol. The van der Waals surface area contributed by atoms with E-state index in [1.54, 1.807) is 0 Å². The van der Waals surface area contributed by atoms with Crippen molar-refractivity contribution in [3.8, 4) is 11.1 Å². The lowest BCUT2D eigenvalue weighted by Gasteiger charge is -2.19. The van der Waals surface area contributed by atoms with Crippen molar-refractivity contribution >= 4 is 5.91 Å². The van der Waals surface area contributed by atoms with E-state index in [2.05, 4.69) is 49.7 Å². The summed E-state index contributed by atoms with van der Waals surface area (Å²) in [4.78, 5) is 13.3. The molecule has 2 aliphatic rings. The van der Waals surface area contributed by atoms with Crippen LogP contribution in [0.4, 0.5) is 0 Å². The summed E-state index contributed by atoms with van der Waals surface area (Å²) in [6, 6.07) is 16.1. The molecule has 6 nitrogen and oxygen atoms in total. The van der Waals surface area contributed by atoms with Gasteiger partial charge in [0.25, 0.3) is 0 Å². The standard InChI is InChI=1S/C22H23N5O/c1-14(21-26-25-19-10-11-23-12-13-27(19)21)24-22(28)20-17-8-4-2-6-15(17)16-7-3-5-9-18(16)20/h2-9,14,20,23H,10-13H2,1H3,(H,24,28). The minimum absolute atomic E-state index is 0.00833. The van der Waals surface area contributed by atoms with Crippen LogP contribution >= 0.6 is 0 Å². The molecule has 2 N–H and O–H groups in total. The van der Waals surface area contributed by atoms with Gasteiger partial charge in [0, 0.05) is 26.1 Å². The van der Waals surface area contributed by atoms with Crippen LogP contribution in [0.1, 0.15) is 41.7 Å². The molecule has 0 bridgehead atoms. The van der Waals surface area contributed by atoms with Crippen LogP contribution in [0.15, 0.2) is 48.5 Å². The number of hydrogen-bond donors (Lipinski definition) is 2. The number of amides is 1. The molecule has 0 radical (unpaired) electrons. The maximum absolute atomic E-state index is 13.3. The van der Waals surface area contributed by atoms with Gasteiger partial charge in [-0.2, -0.15) is 0 Å². The van der Waals surface area contributed by atoms with E-state index in [1.807, 2.05) is 31.2 Å². The summed E-state index contributed by atoms with van der Waals surface area (Å²) in [7, 11) is 0. The number of aromatic nitrogens is 3. The van der Waals surface area contributed by atoms with Gasteiger partial charge in [0.2, 0.25) is 5.91 Å². The first-order valence-corrected chi connectivity index (χ1v) is 9.85. The Labute approximate surface area is 164 Å². The number of nitrogens with one attached hydrogen (secondary N) is 2. The number of benzene rings is 2. The topological polar surface area (TPSA) is 71.8 Å². The molecule has 142 valence electrons. The summed E-state index contributed by atoms with van der Waals surface area (Å²) in [5.41, 5.74) is 4.43. The predicted octanol–water partition coefficient (Wildman–Crippen LogP) is 2.41. The maximum Gasteiger partial charge on any atom is 0.232 e. The van der Waals surface area contributed by atoms with E-state index in [0.717, 1.165) is 60.0 Å². The Morgan fingerprint density at radius 1 is 1.07 bits per heavy atom. The van der Waals surface area contributed by atoms with E-state index in [-0.39, 0.29) is 17.9 Å². The van der Waals surface area contributed by atoms with E-state index in [0.29, 0.717) is 0 Å². The zero-order valence-electron chi connectivity index (χ0n) is 15.9. The zero-order valence-corrected chi connectivity index (χ0v) is 15.9. The molecule has 2 heterocycles. The quantitative estimate of drug-likeness (QED) is 0.740. The normalized spacial score (nSPS) is 16.6. The molecule has 1 aliphatic heterocycles. The second-order valence-electron chi connectivity index (χ2n) is 7.46. The van der Waals surface area contributed by atoms with Crippen molar-refractivity contribution in [2.45, 2.75) is 31.8 Å². The van der Waals surface area contributed by atoms with Crippen LogP contribution in [0.25, 0.3) is 11.1 Å². The van der Waals surface area contributed by atoms with Crippen LogP contribution < -0.4 is 10.6 Å². The summed E-state index contributed by atoms with van der Waals surface area (Å²) < 4.78 is 2.14. The van der Waals surface area contributed by atoms with Crippen molar-refractivity contribution in [2.75, 3.05) is 13.1 Å². The van der Waals surface area contributed by atoms with Crippen molar-refractivity contribution in [3.63, 3.8) is 0 Å². The molecule has 3 aromatic rings. The molecule has 1 atom stereocenters. The van der Waals surface area contributed by atoms with Crippen LogP contribution in [-0.4, -0.2) is 33.8 Å². The van der Waals surface area contributed by atoms with E-state index in [1.165, 1.54) is 0 Å². The number of hydrogen-bond acceptors (Lipinski definition) is 4. The molecular formula is C22H23N5O. The maximum atomic E-state index is 13.3. The van der Waals surface area contributed by atoms with Gasteiger partial charge in [0.15, 0.2) is 5.82 Å². The number of fused-ring (bicyclic) bond motifs is 4. The Morgan fingerprint density at radius 3 is 2.46 bits per heavy atom. The second-order valence-corrected chi connectivity index (χ2v) is 7.46. The molecule has 5 rings (SSSR count). The van der Waals surface area contributed by atoms with Gasteiger partial charge in [-0.1, -0.05) is 48.5 Å². The van der Waals surface area contributed by atoms with Gasteiger partial charge >= 0.3 is 0 Å². The highest BCUT2D eigenvalue weighted by molar-refractivity contribution is 5.96. The molecule has 1 unspecified atom stereocenters. The van der Waals surface area contributed by atoms with E-state index >= 15 is 0 Å².